The zero-order valence-electron chi connectivity index (χ0n) is 27.2. The van der Waals surface area contributed by atoms with Gasteiger partial charge in [0.1, 0.15) is 0 Å². The molecule has 0 heterocycles. The van der Waals surface area contributed by atoms with Crippen LogP contribution in [0.15, 0.2) is 0 Å². The fraction of sp³-hybridized carbons (Fsp3) is 1.00. The van der Waals surface area contributed by atoms with Gasteiger partial charge in [-0.05, 0) is 0 Å². The average molecular weight is 1770 g/mol. The van der Waals surface area contributed by atoms with Gasteiger partial charge in [0.2, 0.25) is 12.5 Å². The Bertz CT molecular complexity index is 1880. The minimum absolute atomic E-state index is 2.92. The van der Waals surface area contributed by atoms with E-state index >= 15 is 0 Å². The number of hydrogen-bond donors (Lipinski definition) is 1. The van der Waals surface area contributed by atoms with E-state index in [1.54, 1.807) is 0 Å². The van der Waals surface area contributed by atoms with Crippen LogP contribution in [0.25, 0.3) is 0 Å². The van der Waals surface area contributed by atoms with Gasteiger partial charge in [-0.1, -0.05) is 476 Å². The van der Waals surface area contributed by atoms with Crippen LogP contribution in [0.2, 0.25) is 0 Å². The first-order chi connectivity index (χ1) is 27.0. The molecule has 392 valence electrons. The van der Waals surface area contributed by atoms with Crippen LogP contribution in [-0.2, 0) is 10.1 Å². The highest BCUT2D eigenvalue weighted by atomic mass is 35.6. The molecule has 1 N–H and O–H groups in total. The quantitative estimate of drug-likeness (QED) is 0.104. The van der Waals surface area contributed by atoms with Crippen LogP contribution >= 0.6 is 476 Å². The van der Waals surface area contributed by atoms with Crippen molar-refractivity contribution in [2.45, 2.75) is 85.5 Å². The lowest BCUT2D eigenvalue weighted by molar-refractivity contribution is 0.387. The topological polar surface area (TPSA) is 54.4 Å². The lowest BCUT2D eigenvalue weighted by Crippen LogP contribution is -2.76. The second kappa shape index (κ2) is 22.3. The molecule has 0 radical (unpaired) electrons. The normalized spacial score (nSPS) is 17.5. The largest absolute Gasteiger partial charge is 0.302 e. The molecule has 0 aromatic heterocycles. The van der Waals surface area contributed by atoms with Gasteiger partial charge in [0.15, 0.2) is 69.3 Å². The van der Waals surface area contributed by atoms with Gasteiger partial charge in [0.25, 0.3) is 3.67 Å². The third kappa shape index (κ3) is 11.2. The van der Waals surface area contributed by atoms with E-state index in [1.807, 2.05) is 0 Å². The SMILES string of the molecule is O=S(=O)(O)C(Cl)(Cl)C(Cl)(Cl)C(Cl)(Cl)C(Cl)(Cl)C(Cl)(Cl)C(Cl)(Cl)C(Cl)(Cl)C(Cl)(Cl)C(Cl)(Cl)C(Cl)(Cl)C(Cl)(Cl)C(Cl)(Cl)C(Cl)(Cl)C(Cl)(Cl)C(Cl)(Cl)C(Cl)(Cl)C(Cl)(Cl)C(Cl)(Cl)C(Cl)(Cl)C(Cl)(Cl)Cl. The summed E-state index contributed by atoms with van der Waals surface area (Å²) in [5.74, 6) is 0. The van der Waals surface area contributed by atoms with Crippen molar-refractivity contribution in [1.29, 1.82) is 0 Å². The second-order valence-electron chi connectivity index (χ2n) is 11.8. The summed E-state index contributed by atoms with van der Waals surface area (Å²) >= 11 is 261. The molecule has 0 aliphatic rings. The van der Waals surface area contributed by atoms with E-state index in [1.165, 1.54) is 0 Å². The predicted molar refractivity (Wildman–Crippen MR) is 306 cm³/mol. The molecule has 0 unspecified atom stereocenters. The van der Waals surface area contributed by atoms with Gasteiger partial charge in [0.05, 0.1) is 0 Å². The summed E-state index contributed by atoms with van der Waals surface area (Å²) in [7, 11) is -5.84. The Morgan fingerprint density at radius 1 is 0.185 bits per heavy atom. The maximum Gasteiger partial charge on any atom is 0.302 e. The lowest BCUT2D eigenvalue weighted by atomic mass is 9.96. The molecule has 0 saturated heterocycles. The van der Waals surface area contributed by atoms with Crippen molar-refractivity contribution in [2.24, 2.45) is 0 Å². The Morgan fingerprint density at radius 2 is 0.277 bits per heavy atom. The van der Waals surface area contributed by atoms with E-state index in [2.05, 4.69) is 0 Å². The molecule has 0 atom stereocenters. The summed E-state index contributed by atoms with van der Waals surface area (Å²) in [6.45, 7) is 0. The van der Waals surface area contributed by atoms with E-state index < -0.39 is 95.6 Å². The Morgan fingerprint density at radius 3 is 0.369 bits per heavy atom. The Hall–Kier alpha value is 11.8. The monoisotopic (exact) mass is 1750 g/mol. The average Bonchev–Trinajstić information content (AvgIpc) is 3.05. The molecular weight excluding hydrogens is 1770 g/mol. The van der Waals surface area contributed by atoms with E-state index in [0.29, 0.717) is 0 Å². The van der Waals surface area contributed by atoms with E-state index in [-0.39, 0.29) is 0 Å². The van der Waals surface area contributed by atoms with Crippen LogP contribution in [0.5, 0.6) is 0 Å². The van der Waals surface area contributed by atoms with E-state index in [0.717, 1.165) is 0 Å². The molecule has 0 fully saturated rings. The molecule has 0 aromatic carbocycles. The minimum atomic E-state index is -5.84. The molecule has 65 heavy (non-hydrogen) atoms. The van der Waals surface area contributed by atoms with Gasteiger partial charge < -0.3 is 0 Å². The minimum Gasteiger partial charge on any atom is -0.283 e. The third-order valence-electron chi connectivity index (χ3n) is 7.75. The summed E-state index contributed by atoms with van der Waals surface area (Å²) in [6.07, 6.45) is 0. The van der Waals surface area contributed by atoms with Crippen molar-refractivity contribution in [3.8, 4) is 0 Å². The van der Waals surface area contributed by atoms with Crippen molar-refractivity contribution < 1.29 is 13.0 Å². The predicted octanol–water partition coefficient (Wildman–Crippen LogP) is 23.5. The summed E-state index contributed by atoms with van der Waals surface area (Å²) in [5.41, 5.74) is 0. The highest BCUT2D eigenvalue weighted by molar-refractivity contribution is 7.90. The molecule has 0 aromatic rings. The summed E-state index contributed by atoms with van der Waals surface area (Å²) in [5, 5.41) is 0. The molecule has 0 rings (SSSR count). The molecule has 0 aliphatic carbocycles. The van der Waals surface area contributed by atoms with Gasteiger partial charge in [-0.3, -0.25) is 4.55 Å². The standard InChI is InChI=1S/C20HCl41O3S/c21-1(22,3(25,26)5(29,30)7(33,34)9(37,38)11(41,42)13(45,46)15(49,50)17(53,54)19(57,58)59)2(23,24)4(27,28)6(31,32)8(35,36)10(39,40)12(43,44)14(47,48)16(51,52)18(55,56)20(60,61)65(62,63)64/h(H,62,63,64). The zero-order valence-corrected chi connectivity index (χ0v) is 59.0. The fourth-order valence-corrected chi connectivity index (χ4v) is 18.8. The van der Waals surface area contributed by atoms with Crippen LogP contribution in [0.3, 0.4) is 0 Å². The highest BCUT2D eigenvalue weighted by Crippen LogP contribution is 2.79. The van der Waals surface area contributed by atoms with Crippen LogP contribution in [0.4, 0.5) is 0 Å². The maximum atomic E-state index is 12.0. The Kier molecular flexibility index (Phi) is 26.4. The smallest absolute Gasteiger partial charge is 0.283 e. The van der Waals surface area contributed by atoms with Crippen molar-refractivity contribution in [1.82, 2.24) is 0 Å². The molecule has 0 saturated carbocycles. The van der Waals surface area contributed by atoms with Gasteiger partial charge >= 0.3 is 10.1 Å². The zero-order chi connectivity index (χ0) is 54.5. The molecule has 0 bridgehead atoms. The van der Waals surface area contributed by atoms with Crippen LogP contribution in [0, 0.1) is 0 Å². The van der Waals surface area contributed by atoms with Gasteiger partial charge in [-0.15, -0.1) is 0 Å². The fourth-order valence-electron chi connectivity index (χ4n) is 3.68. The lowest BCUT2D eigenvalue weighted by Gasteiger charge is -2.59. The number of halogens is 41. The van der Waals surface area contributed by atoms with Crippen molar-refractivity contribution in [3.63, 3.8) is 0 Å². The number of rotatable bonds is 19. The van der Waals surface area contributed by atoms with Crippen LogP contribution in [-0.4, -0.2) is 98.4 Å². The molecular formula is C20HCl41O3S. The Labute approximate surface area is 574 Å². The summed E-state index contributed by atoms with van der Waals surface area (Å²) < 4.78 is -40.3. The third-order valence-corrected chi connectivity index (χ3v) is 39.5. The first kappa shape index (κ1) is 76.8. The maximum absolute atomic E-state index is 12.0. The first-order valence-corrected chi connectivity index (χ1v) is 30.2. The summed E-state index contributed by atoms with van der Waals surface area (Å²) in [6, 6.07) is 0. The van der Waals surface area contributed by atoms with E-state index in [9.17, 15) is 13.0 Å². The highest BCUT2D eigenvalue weighted by Gasteiger charge is 2.89. The number of alkyl halides is 41. The Balaban J connectivity index is 8.05. The first-order valence-electron chi connectivity index (χ1n) is 13.2. The van der Waals surface area contributed by atoms with Crippen molar-refractivity contribution >= 4 is 486 Å². The van der Waals surface area contributed by atoms with Crippen LogP contribution in [0.1, 0.15) is 0 Å². The molecule has 0 aliphatic heterocycles. The van der Waals surface area contributed by atoms with Crippen molar-refractivity contribution in [3.05, 3.63) is 0 Å². The molecule has 3 nitrogen and oxygen atoms in total. The van der Waals surface area contributed by atoms with Crippen molar-refractivity contribution in [2.75, 3.05) is 0 Å². The molecule has 0 amide bonds. The summed E-state index contributed by atoms with van der Waals surface area (Å²) in [4.78, 5) is 0. The molecule has 45 heteroatoms. The van der Waals surface area contributed by atoms with E-state index in [4.69, 9.17) is 476 Å². The van der Waals surface area contributed by atoms with Gasteiger partial charge in [0, 0.05) is 0 Å². The number of hydrogen-bond acceptors (Lipinski definition) is 2. The second-order valence-corrected chi connectivity index (χ2v) is 41.3. The van der Waals surface area contributed by atoms with Gasteiger partial charge in [-0.25, -0.2) is 0 Å². The molecule has 0 spiro atoms. The van der Waals surface area contributed by atoms with Gasteiger partial charge in [-0.2, -0.15) is 8.42 Å². The van der Waals surface area contributed by atoms with Crippen LogP contribution < -0.4 is 0 Å².